The van der Waals surface area contributed by atoms with Crippen molar-refractivity contribution in [3.63, 3.8) is 0 Å². The van der Waals surface area contributed by atoms with Crippen LogP contribution in [0, 0.1) is 0 Å². The Morgan fingerprint density at radius 1 is 1.53 bits per heavy atom. The van der Waals surface area contributed by atoms with Gasteiger partial charge in [0, 0.05) is 17.4 Å². The third-order valence-electron chi connectivity index (χ3n) is 3.98. The number of amides is 2. The van der Waals surface area contributed by atoms with Gasteiger partial charge in [0.05, 0.1) is 11.1 Å². The van der Waals surface area contributed by atoms with Gasteiger partial charge < -0.3 is 15.7 Å². The van der Waals surface area contributed by atoms with E-state index in [0.29, 0.717) is 6.42 Å². The van der Waals surface area contributed by atoms with E-state index >= 15 is 0 Å². The highest BCUT2D eigenvalue weighted by molar-refractivity contribution is 8.00. The summed E-state index contributed by atoms with van der Waals surface area (Å²) in [7, 11) is 0. The molecule has 0 aromatic rings. The molecule has 0 aromatic heterocycles. The Morgan fingerprint density at radius 2 is 2.24 bits per heavy atom. The van der Waals surface area contributed by atoms with E-state index in [9.17, 15) is 9.59 Å². The number of urea groups is 1. The fourth-order valence-corrected chi connectivity index (χ4v) is 4.54. The third-order valence-corrected chi connectivity index (χ3v) is 5.84. The molecule has 3 atom stereocenters. The first-order valence-corrected chi connectivity index (χ1v) is 6.86. The average molecular weight is 258 g/mol. The molecule has 2 amide bonds. The van der Waals surface area contributed by atoms with E-state index in [1.165, 1.54) is 0 Å². The van der Waals surface area contributed by atoms with Crippen LogP contribution in [0.3, 0.4) is 0 Å². The Balaban J connectivity index is 2.01. The van der Waals surface area contributed by atoms with Gasteiger partial charge in [0.25, 0.3) is 0 Å². The number of aliphatic carboxylic acids is 1. The zero-order valence-corrected chi connectivity index (χ0v) is 10.9. The molecule has 2 fully saturated rings. The molecule has 0 aromatic carbocycles. The Labute approximate surface area is 105 Å². The second kappa shape index (κ2) is 4.08. The van der Waals surface area contributed by atoms with E-state index in [1.54, 1.807) is 0 Å². The van der Waals surface area contributed by atoms with E-state index in [-0.39, 0.29) is 28.8 Å². The second-order valence-electron chi connectivity index (χ2n) is 5.20. The van der Waals surface area contributed by atoms with Crippen molar-refractivity contribution in [2.24, 2.45) is 0 Å². The standard InChI is InChI=1S/C11H18N2O3S/c1-10-6-17-7(4-3-5-8(14)15)11(10,2)13-9(16)12-10/h7H,3-6H2,1-2H3,(H,14,15)(H2,12,13,16)/t7?,10-,11+/m0/s1. The number of hydrogen-bond donors (Lipinski definition) is 3. The van der Waals surface area contributed by atoms with Crippen LogP contribution < -0.4 is 10.6 Å². The lowest BCUT2D eigenvalue weighted by atomic mass is 9.79. The molecular formula is C11H18N2O3S. The van der Waals surface area contributed by atoms with Crippen LogP contribution in [0.2, 0.25) is 0 Å². The topological polar surface area (TPSA) is 78.4 Å². The van der Waals surface area contributed by atoms with E-state index in [2.05, 4.69) is 24.5 Å². The molecule has 2 saturated heterocycles. The van der Waals surface area contributed by atoms with Gasteiger partial charge in [-0.2, -0.15) is 11.8 Å². The summed E-state index contributed by atoms with van der Waals surface area (Å²) in [5.41, 5.74) is -0.490. The molecule has 2 aliphatic heterocycles. The van der Waals surface area contributed by atoms with Gasteiger partial charge in [0.2, 0.25) is 0 Å². The molecule has 5 nitrogen and oxygen atoms in total. The van der Waals surface area contributed by atoms with E-state index in [0.717, 1.165) is 12.2 Å². The summed E-state index contributed by atoms with van der Waals surface area (Å²) in [6, 6.07) is -0.112. The van der Waals surface area contributed by atoms with Crippen LogP contribution in [0.25, 0.3) is 0 Å². The number of carboxylic acids is 1. The molecule has 0 bridgehead atoms. The van der Waals surface area contributed by atoms with Crippen molar-refractivity contribution in [1.29, 1.82) is 0 Å². The Kier molecular flexibility index (Phi) is 3.01. The largest absolute Gasteiger partial charge is 0.481 e. The average Bonchev–Trinajstić information content (AvgIpc) is 2.54. The number of carbonyl (C=O) groups excluding carboxylic acids is 1. The SMILES string of the molecule is C[C@]12CSC(CCCC(=O)O)[C@@]1(C)NC(=O)N2. The molecule has 1 unspecified atom stereocenters. The van der Waals surface area contributed by atoms with Crippen molar-refractivity contribution in [3.05, 3.63) is 0 Å². The number of thioether (sulfide) groups is 1. The fraction of sp³-hybridized carbons (Fsp3) is 0.818. The highest BCUT2D eigenvalue weighted by Crippen LogP contribution is 2.47. The minimum atomic E-state index is -0.755. The van der Waals surface area contributed by atoms with Crippen molar-refractivity contribution in [3.8, 4) is 0 Å². The van der Waals surface area contributed by atoms with Crippen LogP contribution in [0.4, 0.5) is 4.79 Å². The summed E-state index contributed by atoms with van der Waals surface area (Å²) in [5.74, 6) is 0.120. The van der Waals surface area contributed by atoms with Crippen molar-refractivity contribution >= 4 is 23.8 Å². The van der Waals surface area contributed by atoms with E-state index < -0.39 is 5.97 Å². The van der Waals surface area contributed by atoms with Gasteiger partial charge >= 0.3 is 12.0 Å². The maximum absolute atomic E-state index is 11.5. The van der Waals surface area contributed by atoms with Crippen molar-refractivity contribution in [1.82, 2.24) is 10.6 Å². The Morgan fingerprint density at radius 3 is 2.88 bits per heavy atom. The molecule has 3 N–H and O–H groups in total. The van der Waals surface area contributed by atoms with Crippen LogP contribution in [-0.2, 0) is 4.79 Å². The van der Waals surface area contributed by atoms with Gasteiger partial charge in [-0.15, -0.1) is 0 Å². The summed E-state index contributed by atoms with van der Waals surface area (Å²) >= 11 is 1.82. The fourth-order valence-electron chi connectivity index (χ4n) is 2.65. The molecule has 0 radical (unpaired) electrons. The van der Waals surface area contributed by atoms with Crippen LogP contribution >= 0.6 is 11.8 Å². The van der Waals surface area contributed by atoms with Gasteiger partial charge in [0.15, 0.2) is 0 Å². The third kappa shape index (κ3) is 1.99. The number of carbonyl (C=O) groups is 2. The lowest BCUT2D eigenvalue weighted by Crippen LogP contribution is -2.58. The molecule has 17 heavy (non-hydrogen) atoms. The van der Waals surface area contributed by atoms with Crippen LogP contribution in [0.15, 0.2) is 0 Å². The molecule has 0 spiro atoms. The number of nitrogens with one attached hydrogen (secondary N) is 2. The molecule has 0 saturated carbocycles. The zero-order chi connectivity index (χ0) is 12.7. The molecule has 0 aliphatic carbocycles. The van der Waals surface area contributed by atoms with Gasteiger partial charge in [-0.3, -0.25) is 4.79 Å². The molecule has 2 aliphatic rings. The Bertz CT molecular complexity index is 363. The number of hydrogen-bond acceptors (Lipinski definition) is 3. The van der Waals surface area contributed by atoms with Crippen LogP contribution in [0.1, 0.15) is 33.1 Å². The second-order valence-corrected chi connectivity index (χ2v) is 6.39. The van der Waals surface area contributed by atoms with Crippen molar-refractivity contribution in [2.45, 2.75) is 49.4 Å². The number of carboxylic acid groups (broad SMARTS) is 1. The summed E-state index contributed by atoms with van der Waals surface area (Å²) in [5, 5.41) is 14.9. The summed E-state index contributed by atoms with van der Waals surface area (Å²) in [6.45, 7) is 4.10. The van der Waals surface area contributed by atoms with Gasteiger partial charge in [-0.25, -0.2) is 4.79 Å². The molecule has 96 valence electrons. The normalized spacial score (nSPS) is 39.6. The minimum Gasteiger partial charge on any atom is -0.481 e. The number of fused-ring (bicyclic) bond motifs is 1. The first kappa shape index (κ1) is 12.5. The Hall–Kier alpha value is -0.910. The van der Waals surface area contributed by atoms with Crippen molar-refractivity contribution in [2.75, 3.05) is 5.75 Å². The first-order valence-electron chi connectivity index (χ1n) is 5.81. The summed E-state index contributed by atoms with van der Waals surface area (Å²) in [6.07, 6.45) is 1.69. The number of rotatable bonds is 4. The van der Waals surface area contributed by atoms with Gasteiger partial charge in [-0.05, 0) is 26.7 Å². The first-order chi connectivity index (χ1) is 7.87. The quantitative estimate of drug-likeness (QED) is 0.662. The lowest BCUT2D eigenvalue weighted by Gasteiger charge is -2.35. The predicted molar refractivity (Wildman–Crippen MR) is 66.2 cm³/mol. The summed E-state index contributed by atoms with van der Waals surface area (Å²) < 4.78 is 0. The maximum Gasteiger partial charge on any atom is 0.315 e. The minimum absolute atomic E-state index is 0.112. The molecule has 2 rings (SSSR count). The highest BCUT2D eigenvalue weighted by atomic mass is 32.2. The van der Waals surface area contributed by atoms with Crippen LogP contribution in [0.5, 0.6) is 0 Å². The maximum atomic E-state index is 11.5. The predicted octanol–water partition coefficient (Wildman–Crippen LogP) is 1.19. The van der Waals surface area contributed by atoms with Gasteiger partial charge in [0.1, 0.15) is 0 Å². The summed E-state index contributed by atoms with van der Waals surface area (Å²) in [4.78, 5) is 22.0. The van der Waals surface area contributed by atoms with E-state index in [4.69, 9.17) is 5.11 Å². The molecule has 6 heteroatoms. The zero-order valence-electron chi connectivity index (χ0n) is 10.1. The lowest BCUT2D eigenvalue weighted by molar-refractivity contribution is -0.137. The van der Waals surface area contributed by atoms with Crippen LogP contribution in [-0.4, -0.2) is 39.2 Å². The smallest absolute Gasteiger partial charge is 0.315 e. The molecule has 2 heterocycles. The molecular weight excluding hydrogens is 240 g/mol. The highest BCUT2D eigenvalue weighted by Gasteiger charge is 2.60. The monoisotopic (exact) mass is 258 g/mol. The van der Waals surface area contributed by atoms with Crippen molar-refractivity contribution < 1.29 is 14.7 Å². The van der Waals surface area contributed by atoms with Gasteiger partial charge in [-0.1, -0.05) is 0 Å². The van der Waals surface area contributed by atoms with E-state index in [1.807, 2.05) is 11.8 Å².